The summed E-state index contributed by atoms with van der Waals surface area (Å²) in [7, 11) is 0. The number of nitrogens with zero attached hydrogens (tertiary/aromatic N) is 5. The van der Waals surface area contributed by atoms with Gasteiger partial charge in [0.2, 0.25) is 0 Å². The molecule has 1 N–H and O–H groups in total. The number of halogens is 1. The molecule has 0 aromatic carbocycles. The lowest BCUT2D eigenvalue weighted by Gasteiger charge is -2.15. The van der Waals surface area contributed by atoms with Gasteiger partial charge in [0.15, 0.2) is 6.19 Å². The summed E-state index contributed by atoms with van der Waals surface area (Å²) in [6, 6.07) is 3.77. The molecule has 0 unspecified atom stereocenters. The van der Waals surface area contributed by atoms with Gasteiger partial charge in [0.1, 0.15) is 11.5 Å². The molecule has 1 aromatic rings. The van der Waals surface area contributed by atoms with Crippen molar-refractivity contribution < 1.29 is 0 Å². The number of pyridine rings is 1. The van der Waals surface area contributed by atoms with E-state index in [2.05, 4.69) is 20.4 Å². The van der Waals surface area contributed by atoms with E-state index in [0.717, 1.165) is 31.9 Å². The van der Waals surface area contributed by atoms with E-state index in [-0.39, 0.29) is 0 Å². The number of nitrogens with one attached hydrogen (secondary N) is 1. The van der Waals surface area contributed by atoms with Gasteiger partial charge in [-0.3, -0.25) is 4.90 Å². The number of hydrazone groups is 1. The first-order chi connectivity index (χ1) is 8.78. The van der Waals surface area contributed by atoms with Crippen LogP contribution in [0.15, 0.2) is 23.4 Å². The molecule has 0 spiro atoms. The van der Waals surface area contributed by atoms with E-state index in [1.54, 1.807) is 24.8 Å². The van der Waals surface area contributed by atoms with E-state index in [0.29, 0.717) is 5.15 Å². The van der Waals surface area contributed by atoms with Crippen LogP contribution in [0.25, 0.3) is 0 Å². The predicted octanol–water partition coefficient (Wildman–Crippen LogP) is 0.824. The molecule has 1 saturated heterocycles. The Labute approximate surface area is 110 Å². The minimum Gasteiger partial charge on any atom is -0.347 e. The van der Waals surface area contributed by atoms with Crippen molar-refractivity contribution in [2.75, 3.05) is 19.8 Å². The molecule has 18 heavy (non-hydrogen) atoms. The Bertz CT molecular complexity index is 452. The Morgan fingerprint density at radius 2 is 2.44 bits per heavy atom. The Balaban J connectivity index is 1.82. The lowest BCUT2D eigenvalue weighted by molar-refractivity contribution is 0.295. The Morgan fingerprint density at radius 3 is 3.17 bits per heavy atom. The van der Waals surface area contributed by atoms with Crippen LogP contribution in [0.2, 0.25) is 5.15 Å². The molecular weight excluding hydrogens is 252 g/mol. The third kappa shape index (κ3) is 3.58. The second kappa shape index (κ2) is 6.19. The molecule has 2 heterocycles. The normalized spacial score (nSPS) is 16.1. The summed E-state index contributed by atoms with van der Waals surface area (Å²) in [6.45, 7) is 3.48. The van der Waals surface area contributed by atoms with Crippen molar-refractivity contribution in [3.8, 4) is 6.19 Å². The van der Waals surface area contributed by atoms with Crippen LogP contribution in [0, 0.1) is 11.5 Å². The summed E-state index contributed by atoms with van der Waals surface area (Å²) in [6.07, 6.45) is 5.17. The molecule has 0 bridgehead atoms. The van der Waals surface area contributed by atoms with Crippen LogP contribution < -0.4 is 5.43 Å². The maximum absolute atomic E-state index is 8.29. The van der Waals surface area contributed by atoms with Gasteiger partial charge in [-0.2, -0.15) is 10.4 Å². The molecule has 6 nitrogen and oxygen atoms in total. The van der Waals surface area contributed by atoms with Crippen molar-refractivity contribution in [1.29, 1.82) is 5.26 Å². The maximum atomic E-state index is 8.29. The monoisotopic (exact) mass is 264 g/mol. The number of rotatable bonds is 4. The molecule has 1 aliphatic heterocycles. The lowest BCUT2D eigenvalue weighted by Crippen LogP contribution is -2.24. The van der Waals surface area contributed by atoms with Crippen LogP contribution in [0.3, 0.4) is 0 Å². The van der Waals surface area contributed by atoms with E-state index in [4.69, 9.17) is 16.9 Å². The Morgan fingerprint density at radius 1 is 1.56 bits per heavy atom. The van der Waals surface area contributed by atoms with Crippen LogP contribution in [-0.4, -0.2) is 40.9 Å². The molecule has 1 fully saturated rings. The fraction of sp³-hybridized carbons (Fsp3) is 0.364. The first kappa shape index (κ1) is 12.6. The van der Waals surface area contributed by atoms with E-state index in [1.165, 1.54) is 0 Å². The SMILES string of the molecule is N#CNN=CN1CCN(Cc2ccc(Cl)nc2)C1. The fourth-order valence-electron chi connectivity index (χ4n) is 1.79. The van der Waals surface area contributed by atoms with E-state index in [9.17, 15) is 0 Å². The summed E-state index contributed by atoms with van der Waals surface area (Å²) in [5.41, 5.74) is 3.37. The molecule has 1 aromatic heterocycles. The van der Waals surface area contributed by atoms with E-state index < -0.39 is 0 Å². The van der Waals surface area contributed by atoms with Crippen molar-refractivity contribution in [3.63, 3.8) is 0 Å². The Hall–Kier alpha value is -1.84. The molecule has 7 heteroatoms. The maximum Gasteiger partial charge on any atom is 0.198 e. The van der Waals surface area contributed by atoms with E-state index >= 15 is 0 Å². The highest BCUT2D eigenvalue weighted by Crippen LogP contribution is 2.11. The molecule has 94 valence electrons. The number of hydrogen-bond donors (Lipinski definition) is 1. The summed E-state index contributed by atoms with van der Waals surface area (Å²) in [5, 5.41) is 12.6. The zero-order valence-corrected chi connectivity index (χ0v) is 10.5. The van der Waals surface area contributed by atoms with Crippen LogP contribution in [-0.2, 0) is 6.54 Å². The highest BCUT2D eigenvalue weighted by molar-refractivity contribution is 6.29. The standard InChI is InChI=1S/C11H13ClN6/c12-11-2-1-10(5-14-11)6-17-3-4-18(9-17)8-16-15-7-13/h1-2,5,8,15H,3-4,6,9H2. The zero-order chi connectivity index (χ0) is 12.8. The van der Waals surface area contributed by atoms with Gasteiger partial charge >= 0.3 is 0 Å². The highest BCUT2D eigenvalue weighted by Gasteiger charge is 2.17. The van der Waals surface area contributed by atoms with Gasteiger partial charge in [0, 0.05) is 25.8 Å². The predicted molar refractivity (Wildman–Crippen MR) is 68.5 cm³/mol. The lowest BCUT2D eigenvalue weighted by atomic mass is 10.3. The highest BCUT2D eigenvalue weighted by atomic mass is 35.5. The topological polar surface area (TPSA) is 67.6 Å². The largest absolute Gasteiger partial charge is 0.347 e. The fourth-order valence-corrected chi connectivity index (χ4v) is 1.90. The molecule has 0 aliphatic carbocycles. The molecule has 0 radical (unpaired) electrons. The minimum atomic E-state index is 0.511. The van der Waals surface area contributed by atoms with Crippen LogP contribution in [0.1, 0.15) is 5.56 Å². The number of aromatic nitrogens is 1. The summed E-state index contributed by atoms with van der Waals surface area (Å²) in [4.78, 5) is 8.36. The van der Waals surface area contributed by atoms with Crippen LogP contribution in [0.5, 0.6) is 0 Å². The first-order valence-electron chi connectivity index (χ1n) is 5.52. The number of nitriles is 1. The van der Waals surface area contributed by atoms with Crippen molar-refractivity contribution in [3.05, 3.63) is 29.0 Å². The third-order valence-corrected chi connectivity index (χ3v) is 2.84. The average molecular weight is 265 g/mol. The van der Waals surface area contributed by atoms with Gasteiger partial charge in [-0.05, 0) is 11.6 Å². The minimum absolute atomic E-state index is 0.511. The van der Waals surface area contributed by atoms with Crippen LogP contribution >= 0.6 is 11.6 Å². The molecule has 1 aliphatic rings. The third-order valence-electron chi connectivity index (χ3n) is 2.62. The van der Waals surface area contributed by atoms with Crippen LogP contribution in [0.4, 0.5) is 0 Å². The summed E-state index contributed by atoms with van der Waals surface area (Å²) < 4.78 is 0. The van der Waals surface area contributed by atoms with Crippen molar-refractivity contribution >= 4 is 17.9 Å². The molecule has 0 atom stereocenters. The smallest absolute Gasteiger partial charge is 0.198 e. The first-order valence-corrected chi connectivity index (χ1v) is 5.90. The Kier molecular flexibility index (Phi) is 4.34. The van der Waals surface area contributed by atoms with Crippen molar-refractivity contribution in [2.24, 2.45) is 5.10 Å². The zero-order valence-electron chi connectivity index (χ0n) is 9.75. The average Bonchev–Trinajstić information content (AvgIpc) is 2.80. The summed E-state index contributed by atoms with van der Waals surface area (Å²) in [5.74, 6) is 0. The number of hydrogen-bond acceptors (Lipinski definition) is 5. The quantitative estimate of drug-likeness (QED) is 0.218. The van der Waals surface area contributed by atoms with Crippen molar-refractivity contribution in [1.82, 2.24) is 20.2 Å². The van der Waals surface area contributed by atoms with Gasteiger partial charge in [-0.15, -0.1) is 0 Å². The van der Waals surface area contributed by atoms with Gasteiger partial charge < -0.3 is 4.90 Å². The second-order valence-electron chi connectivity index (χ2n) is 3.96. The molecule has 2 rings (SSSR count). The van der Waals surface area contributed by atoms with Crippen molar-refractivity contribution in [2.45, 2.75) is 6.54 Å². The van der Waals surface area contributed by atoms with Gasteiger partial charge in [0.05, 0.1) is 6.67 Å². The van der Waals surface area contributed by atoms with Gasteiger partial charge in [-0.1, -0.05) is 17.7 Å². The molecule has 0 amide bonds. The van der Waals surface area contributed by atoms with E-state index in [1.807, 2.05) is 11.0 Å². The summed E-state index contributed by atoms with van der Waals surface area (Å²) >= 11 is 5.74. The molecule has 0 saturated carbocycles. The van der Waals surface area contributed by atoms with Gasteiger partial charge in [-0.25, -0.2) is 10.4 Å². The molecular formula is C11H13ClN6. The second-order valence-corrected chi connectivity index (χ2v) is 4.35. The van der Waals surface area contributed by atoms with Gasteiger partial charge in [0.25, 0.3) is 0 Å².